The van der Waals surface area contributed by atoms with Crippen molar-refractivity contribution in [2.75, 3.05) is 5.32 Å². The van der Waals surface area contributed by atoms with Crippen molar-refractivity contribution in [2.45, 2.75) is 0 Å². The van der Waals surface area contributed by atoms with E-state index in [2.05, 4.69) is 10.4 Å². The third-order valence-electron chi connectivity index (χ3n) is 3.26. The normalized spacial score (nSPS) is 10.9. The van der Waals surface area contributed by atoms with E-state index in [0.717, 1.165) is 30.0 Å². The van der Waals surface area contributed by atoms with E-state index in [1.54, 1.807) is 16.9 Å². The van der Waals surface area contributed by atoms with Crippen molar-refractivity contribution in [1.29, 1.82) is 0 Å². The molecule has 0 radical (unpaired) electrons. The topological polar surface area (TPSA) is 46.9 Å². The van der Waals surface area contributed by atoms with Gasteiger partial charge in [-0.3, -0.25) is 4.79 Å². The number of hydrogen-bond donors (Lipinski definition) is 1. The van der Waals surface area contributed by atoms with E-state index < -0.39 is 17.5 Å². The molecule has 1 aromatic heterocycles. The van der Waals surface area contributed by atoms with Crippen molar-refractivity contribution >= 4 is 17.8 Å². The summed E-state index contributed by atoms with van der Waals surface area (Å²) in [6.07, 6.45) is 3.85. The zero-order chi connectivity index (χ0) is 16.9. The number of benzene rings is 2. The molecule has 0 spiro atoms. The number of carbonyl (C=O) groups excluding carboxylic acids is 1. The summed E-state index contributed by atoms with van der Waals surface area (Å²) in [5.74, 6) is -1.65. The minimum Gasteiger partial charge on any atom is -0.306 e. The first-order valence-electron chi connectivity index (χ1n) is 7.17. The molecular formula is C18H13F2N3O. The van der Waals surface area contributed by atoms with Crippen LogP contribution in [0.5, 0.6) is 0 Å². The summed E-state index contributed by atoms with van der Waals surface area (Å²) in [5, 5.41) is 6.75. The lowest BCUT2D eigenvalue weighted by Crippen LogP contribution is -2.09. The number of nitrogens with zero attached hydrogens (tertiary/aromatic N) is 2. The van der Waals surface area contributed by atoms with Crippen molar-refractivity contribution in [2.24, 2.45) is 0 Å². The van der Waals surface area contributed by atoms with E-state index in [1.807, 2.05) is 30.3 Å². The molecule has 6 heteroatoms. The maximum absolute atomic E-state index is 13.5. The van der Waals surface area contributed by atoms with Gasteiger partial charge in [0.25, 0.3) is 0 Å². The van der Waals surface area contributed by atoms with Crippen molar-refractivity contribution in [3.8, 4) is 5.69 Å². The van der Waals surface area contributed by atoms with Crippen LogP contribution in [0, 0.1) is 11.6 Å². The van der Waals surface area contributed by atoms with Gasteiger partial charge in [-0.15, -0.1) is 0 Å². The van der Waals surface area contributed by atoms with Crippen molar-refractivity contribution in [1.82, 2.24) is 9.78 Å². The molecule has 0 bridgehead atoms. The second kappa shape index (κ2) is 6.87. The van der Waals surface area contributed by atoms with Crippen molar-refractivity contribution in [3.63, 3.8) is 0 Å². The predicted octanol–water partition coefficient (Wildman–Crippen LogP) is 3.80. The summed E-state index contributed by atoms with van der Waals surface area (Å²) >= 11 is 0. The van der Waals surface area contributed by atoms with E-state index in [0.29, 0.717) is 5.82 Å². The van der Waals surface area contributed by atoms with Gasteiger partial charge in [0.05, 0.1) is 5.69 Å². The zero-order valence-corrected chi connectivity index (χ0v) is 12.5. The molecule has 0 saturated carbocycles. The Morgan fingerprint density at radius 1 is 1.00 bits per heavy atom. The van der Waals surface area contributed by atoms with Gasteiger partial charge in [0.1, 0.15) is 11.6 Å². The molecule has 3 rings (SSSR count). The van der Waals surface area contributed by atoms with Crippen molar-refractivity contribution in [3.05, 3.63) is 84.1 Å². The Morgan fingerprint density at radius 2 is 1.71 bits per heavy atom. The summed E-state index contributed by atoms with van der Waals surface area (Å²) in [5.41, 5.74) is 0.587. The molecule has 0 atom stereocenters. The van der Waals surface area contributed by atoms with Gasteiger partial charge < -0.3 is 5.32 Å². The molecular weight excluding hydrogens is 312 g/mol. The fourth-order valence-corrected chi connectivity index (χ4v) is 2.11. The third kappa shape index (κ3) is 3.55. The smallest absolute Gasteiger partial charge is 0.249 e. The maximum Gasteiger partial charge on any atom is 0.249 e. The summed E-state index contributed by atoms with van der Waals surface area (Å²) in [7, 11) is 0. The van der Waals surface area contributed by atoms with Gasteiger partial charge in [-0.05, 0) is 30.3 Å². The Balaban J connectivity index is 1.70. The average molecular weight is 325 g/mol. The Labute approximate surface area is 137 Å². The average Bonchev–Trinajstić information content (AvgIpc) is 3.03. The van der Waals surface area contributed by atoms with Crippen LogP contribution in [0.4, 0.5) is 14.6 Å². The summed E-state index contributed by atoms with van der Waals surface area (Å²) in [6.45, 7) is 0. The molecule has 0 fully saturated rings. The highest BCUT2D eigenvalue weighted by Crippen LogP contribution is 2.14. The molecule has 1 heterocycles. The quantitative estimate of drug-likeness (QED) is 0.742. The molecule has 0 unspecified atom stereocenters. The highest BCUT2D eigenvalue weighted by Gasteiger charge is 2.07. The minimum absolute atomic E-state index is 0.262. The number of halogens is 2. The van der Waals surface area contributed by atoms with Crippen LogP contribution in [-0.4, -0.2) is 15.7 Å². The van der Waals surface area contributed by atoms with Gasteiger partial charge in [-0.1, -0.05) is 24.3 Å². The first-order chi connectivity index (χ1) is 11.6. The van der Waals surface area contributed by atoms with E-state index in [4.69, 9.17) is 0 Å². The fraction of sp³-hybridized carbons (Fsp3) is 0. The number of rotatable bonds is 4. The number of aromatic nitrogens is 2. The lowest BCUT2D eigenvalue weighted by Gasteiger charge is -2.01. The molecule has 120 valence electrons. The molecule has 0 aliphatic rings. The van der Waals surface area contributed by atoms with Gasteiger partial charge in [0.2, 0.25) is 5.91 Å². The van der Waals surface area contributed by atoms with Gasteiger partial charge in [0, 0.05) is 23.9 Å². The van der Waals surface area contributed by atoms with Crippen LogP contribution >= 0.6 is 0 Å². The zero-order valence-electron chi connectivity index (χ0n) is 12.5. The molecule has 0 saturated heterocycles. The molecule has 2 aromatic carbocycles. The van der Waals surface area contributed by atoms with Crippen LogP contribution < -0.4 is 5.32 Å². The second-order valence-electron chi connectivity index (χ2n) is 4.94. The third-order valence-corrected chi connectivity index (χ3v) is 3.26. The van der Waals surface area contributed by atoms with Gasteiger partial charge in [0.15, 0.2) is 5.82 Å². The molecule has 4 nitrogen and oxygen atoms in total. The minimum atomic E-state index is -0.729. The van der Waals surface area contributed by atoms with Crippen LogP contribution in [0.3, 0.4) is 0 Å². The number of para-hydroxylation sites is 1. The Bertz CT molecular complexity index is 868. The highest BCUT2D eigenvalue weighted by molar-refractivity contribution is 6.01. The summed E-state index contributed by atoms with van der Waals surface area (Å²) < 4.78 is 28.6. The van der Waals surface area contributed by atoms with E-state index in [9.17, 15) is 13.6 Å². The molecule has 24 heavy (non-hydrogen) atoms. The van der Waals surface area contributed by atoms with Gasteiger partial charge in [-0.2, -0.15) is 5.10 Å². The Kier molecular flexibility index (Phi) is 4.47. The summed E-state index contributed by atoms with van der Waals surface area (Å²) in [6, 6.07) is 14.5. The largest absolute Gasteiger partial charge is 0.306 e. The van der Waals surface area contributed by atoms with Gasteiger partial charge in [-0.25, -0.2) is 13.5 Å². The fourth-order valence-electron chi connectivity index (χ4n) is 2.11. The number of nitrogens with one attached hydrogen (secondary N) is 1. The van der Waals surface area contributed by atoms with Crippen molar-refractivity contribution < 1.29 is 13.6 Å². The first-order valence-corrected chi connectivity index (χ1v) is 7.17. The predicted molar refractivity (Wildman–Crippen MR) is 87.6 cm³/mol. The molecule has 0 aliphatic heterocycles. The van der Waals surface area contributed by atoms with E-state index in [1.165, 1.54) is 6.07 Å². The second-order valence-corrected chi connectivity index (χ2v) is 4.94. The molecule has 3 aromatic rings. The van der Waals surface area contributed by atoms with E-state index >= 15 is 0 Å². The Morgan fingerprint density at radius 3 is 2.42 bits per heavy atom. The monoisotopic (exact) mass is 325 g/mol. The van der Waals surface area contributed by atoms with E-state index in [-0.39, 0.29) is 5.56 Å². The molecule has 1 amide bonds. The standard InChI is InChI=1S/C18H13F2N3O/c19-15-7-4-8-16(20)14(15)9-10-18(24)21-17-11-12-23(22-17)13-5-2-1-3-6-13/h1-12H,(H,21,22,24)/b10-9+. The SMILES string of the molecule is O=C(/C=C/c1c(F)cccc1F)Nc1ccn(-c2ccccc2)n1. The Hall–Kier alpha value is -3.28. The molecule has 1 N–H and O–H groups in total. The number of hydrogen-bond acceptors (Lipinski definition) is 2. The first kappa shape index (κ1) is 15.6. The highest BCUT2D eigenvalue weighted by atomic mass is 19.1. The lowest BCUT2D eigenvalue weighted by molar-refractivity contribution is -0.111. The number of carbonyl (C=O) groups is 1. The maximum atomic E-state index is 13.5. The number of anilines is 1. The molecule has 0 aliphatic carbocycles. The van der Waals surface area contributed by atoms with Crippen LogP contribution in [0.15, 0.2) is 66.9 Å². The number of amides is 1. The van der Waals surface area contributed by atoms with Crippen LogP contribution in [0.25, 0.3) is 11.8 Å². The lowest BCUT2D eigenvalue weighted by atomic mass is 10.2. The van der Waals surface area contributed by atoms with Crippen LogP contribution in [0.2, 0.25) is 0 Å². The van der Waals surface area contributed by atoms with Crippen LogP contribution in [0.1, 0.15) is 5.56 Å². The van der Waals surface area contributed by atoms with Crippen LogP contribution in [-0.2, 0) is 4.79 Å². The summed E-state index contributed by atoms with van der Waals surface area (Å²) in [4.78, 5) is 11.9. The van der Waals surface area contributed by atoms with Gasteiger partial charge >= 0.3 is 0 Å².